The lowest BCUT2D eigenvalue weighted by atomic mass is 10.1. The number of ether oxygens (including phenoxy) is 1. The number of anilines is 1. The van der Waals surface area contributed by atoms with Gasteiger partial charge in [-0.3, -0.25) is 0 Å². The lowest BCUT2D eigenvalue weighted by Gasteiger charge is -2.34. The van der Waals surface area contributed by atoms with Gasteiger partial charge in [-0.05, 0) is 24.3 Å². The van der Waals surface area contributed by atoms with E-state index in [9.17, 15) is 4.79 Å². The van der Waals surface area contributed by atoms with Gasteiger partial charge in [0.25, 0.3) is 0 Å². The fraction of sp³-hybridized carbons (Fsp3) is 0.429. The van der Waals surface area contributed by atoms with Crippen molar-refractivity contribution in [2.24, 2.45) is 0 Å². The zero-order chi connectivity index (χ0) is 13.7. The minimum absolute atomic E-state index is 0.207. The Kier molecular flexibility index (Phi) is 4.37. The number of hydrogen-bond donors (Lipinski definition) is 1. The van der Waals surface area contributed by atoms with Crippen molar-refractivity contribution < 1.29 is 9.53 Å². The molecule has 100 valence electrons. The summed E-state index contributed by atoms with van der Waals surface area (Å²) in [5.41, 5.74) is 1.62. The van der Waals surface area contributed by atoms with E-state index in [-0.39, 0.29) is 12.0 Å². The molecule has 0 amide bonds. The SMILES string of the molecule is COC(=O)c1ccc(N2CCNC(CC#N)C2)cc1. The number of methoxy groups -OCH3 is 1. The van der Waals surface area contributed by atoms with Crippen molar-refractivity contribution in [2.45, 2.75) is 12.5 Å². The van der Waals surface area contributed by atoms with Crippen LogP contribution in [0.15, 0.2) is 24.3 Å². The van der Waals surface area contributed by atoms with E-state index in [1.807, 2.05) is 12.1 Å². The van der Waals surface area contributed by atoms with Gasteiger partial charge in [-0.2, -0.15) is 5.26 Å². The molecule has 2 rings (SSSR count). The molecule has 0 radical (unpaired) electrons. The van der Waals surface area contributed by atoms with Crippen LogP contribution in [-0.4, -0.2) is 38.8 Å². The van der Waals surface area contributed by atoms with Crippen molar-refractivity contribution in [1.29, 1.82) is 5.26 Å². The van der Waals surface area contributed by atoms with E-state index >= 15 is 0 Å². The summed E-state index contributed by atoms with van der Waals surface area (Å²) >= 11 is 0. The molecule has 0 aromatic heterocycles. The van der Waals surface area contributed by atoms with E-state index in [1.165, 1.54) is 7.11 Å². The average molecular weight is 259 g/mol. The maximum atomic E-state index is 11.4. The van der Waals surface area contributed by atoms with E-state index in [4.69, 9.17) is 5.26 Å². The van der Waals surface area contributed by atoms with E-state index in [1.54, 1.807) is 12.1 Å². The van der Waals surface area contributed by atoms with Crippen molar-refractivity contribution >= 4 is 11.7 Å². The van der Waals surface area contributed by atoms with Gasteiger partial charge in [0.2, 0.25) is 0 Å². The Hall–Kier alpha value is -2.06. The van der Waals surface area contributed by atoms with Crippen LogP contribution < -0.4 is 10.2 Å². The summed E-state index contributed by atoms with van der Waals surface area (Å²) < 4.78 is 4.67. The summed E-state index contributed by atoms with van der Waals surface area (Å²) in [6.07, 6.45) is 0.511. The monoisotopic (exact) mass is 259 g/mol. The number of piperazine rings is 1. The summed E-state index contributed by atoms with van der Waals surface area (Å²) in [6, 6.07) is 9.77. The van der Waals surface area contributed by atoms with Crippen LogP contribution in [0.5, 0.6) is 0 Å². The fourth-order valence-electron chi connectivity index (χ4n) is 2.23. The van der Waals surface area contributed by atoms with Crippen LogP contribution in [0.4, 0.5) is 5.69 Å². The van der Waals surface area contributed by atoms with Crippen LogP contribution >= 0.6 is 0 Å². The number of rotatable bonds is 3. The molecule has 0 spiro atoms. The molecular formula is C14H17N3O2. The first-order chi connectivity index (χ1) is 9.24. The third-order valence-corrected chi connectivity index (χ3v) is 3.25. The number of carbonyl (C=O) groups excluding carboxylic acids is 1. The zero-order valence-corrected chi connectivity index (χ0v) is 10.9. The lowest BCUT2D eigenvalue weighted by Crippen LogP contribution is -2.50. The van der Waals surface area contributed by atoms with Gasteiger partial charge in [-0.1, -0.05) is 0 Å². The summed E-state index contributed by atoms with van der Waals surface area (Å²) in [5.74, 6) is -0.325. The normalized spacial score (nSPS) is 18.7. The Bertz CT molecular complexity index is 478. The molecule has 1 aromatic rings. The van der Waals surface area contributed by atoms with Crippen molar-refractivity contribution in [3.8, 4) is 6.07 Å². The number of carbonyl (C=O) groups is 1. The first-order valence-corrected chi connectivity index (χ1v) is 6.28. The van der Waals surface area contributed by atoms with Crippen molar-refractivity contribution in [2.75, 3.05) is 31.6 Å². The summed E-state index contributed by atoms with van der Waals surface area (Å²) in [7, 11) is 1.37. The molecule has 19 heavy (non-hydrogen) atoms. The Morgan fingerprint density at radius 1 is 1.53 bits per heavy atom. The molecule has 5 heteroatoms. The molecule has 1 fully saturated rings. The van der Waals surface area contributed by atoms with Gasteiger partial charge in [-0.15, -0.1) is 0 Å². The standard InChI is InChI=1S/C14H17N3O2/c1-19-14(18)11-2-4-13(5-3-11)17-9-8-16-12(10-17)6-7-15/h2-5,12,16H,6,8-10H2,1H3. The van der Waals surface area contributed by atoms with Crippen LogP contribution in [0.25, 0.3) is 0 Å². The molecule has 0 bridgehead atoms. The van der Waals surface area contributed by atoms with E-state index in [0.717, 1.165) is 25.3 Å². The molecule has 1 saturated heterocycles. The summed E-state index contributed by atoms with van der Waals surface area (Å²) in [4.78, 5) is 13.6. The number of nitriles is 1. The second-order valence-electron chi connectivity index (χ2n) is 4.50. The fourth-order valence-corrected chi connectivity index (χ4v) is 2.23. The predicted molar refractivity (Wildman–Crippen MR) is 72.0 cm³/mol. The van der Waals surface area contributed by atoms with Gasteiger partial charge in [0.15, 0.2) is 0 Å². The summed E-state index contributed by atoms with van der Waals surface area (Å²) in [6.45, 7) is 2.58. The van der Waals surface area contributed by atoms with Crippen LogP contribution in [0.1, 0.15) is 16.8 Å². The molecule has 1 atom stereocenters. The van der Waals surface area contributed by atoms with Gasteiger partial charge < -0.3 is 15.0 Å². The topological polar surface area (TPSA) is 65.4 Å². The van der Waals surface area contributed by atoms with Crippen LogP contribution in [0.3, 0.4) is 0 Å². The zero-order valence-electron chi connectivity index (χ0n) is 10.9. The quantitative estimate of drug-likeness (QED) is 0.825. The third kappa shape index (κ3) is 3.24. The molecule has 0 aliphatic carbocycles. The minimum Gasteiger partial charge on any atom is -0.465 e. The molecule has 1 aromatic carbocycles. The van der Waals surface area contributed by atoms with Gasteiger partial charge in [0, 0.05) is 31.4 Å². The predicted octanol–water partition coefficient (Wildman–Crippen LogP) is 1.17. The Labute approximate surface area is 112 Å². The molecule has 1 aliphatic rings. The maximum Gasteiger partial charge on any atom is 0.337 e. The number of nitrogens with one attached hydrogen (secondary N) is 1. The highest BCUT2D eigenvalue weighted by molar-refractivity contribution is 5.89. The van der Waals surface area contributed by atoms with Gasteiger partial charge in [-0.25, -0.2) is 4.79 Å². The molecule has 1 aliphatic heterocycles. The van der Waals surface area contributed by atoms with E-state index < -0.39 is 0 Å². The van der Waals surface area contributed by atoms with Crippen LogP contribution in [0.2, 0.25) is 0 Å². The highest BCUT2D eigenvalue weighted by Crippen LogP contribution is 2.18. The number of esters is 1. The van der Waals surface area contributed by atoms with Crippen LogP contribution in [0, 0.1) is 11.3 Å². The first kappa shape index (κ1) is 13.4. The third-order valence-electron chi connectivity index (χ3n) is 3.25. The largest absolute Gasteiger partial charge is 0.465 e. The van der Waals surface area contributed by atoms with E-state index in [0.29, 0.717) is 12.0 Å². The molecule has 1 unspecified atom stereocenters. The van der Waals surface area contributed by atoms with E-state index in [2.05, 4.69) is 21.0 Å². The molecular weight excluding hydrogens is 242 g/mol. The molecule has 1 N–H and O–H groups in total. The lowest BCUT2D eigenvalue weighted by molar-refractivity contribution is 0.0601. The number of hydrogen-bond acceptors (Lipinski definition) is 5. The first-order valence-electron chi connectivity index (χ1n) is 6.28. The maximum absolute atomic E-state index is 11.4. The van der Waals surface area contributed by atoms with Crippen molar-refractivity contribution in [3.63, 3.8) is 0 Å². The highest BCUT2D eigenvalue weighted by Gasteiger charge is 2.19. The minimum atomic E-state index is -0.325. The van der Waals surface area contributed by atoms with Crippen molar-refractivity contribution in [3.05, 3.63) is 29.8 Å². The number of benzene rings is 1. The second kappa shape index (κ2) is 6.21. The van der Waals surface area contributed by atoms with Gasteiger partial charge in [0.1, 0.15) is 0 Å². The van der Waals surface area contributed by atoms with Gasteiger partial charge >= 0.3 is 5.97 Å². The van der Waals surface area contributed by atoms with Gasteiger partial charge in [0.05, 0.1) is 25.2 Å². The Morgan fingerprint density at radius 3 is 2.89 bits per heavy atom. The summed E-state index contributed by atoms with van der Waals surface area (Å²) in [5, 5.41) is 12.1. The molecule has 1 heterocycles. The Balaban J connectivity index is 2.05. The smallest absolute Gasteiger partial charge is 0.337 e. The van der Waals surface area contributed by atoms with Crippen LogP contribution in [-0.2, 0) is 4.74 Å². The molecule has 0 saturated carbocycles. The molecule has 5 nitrogen and oxygen atoms in total. The number of nitrogens with zero attached hydrogens (tertiary/aromatic N) is 2. The Morgan fingerprint density at radius 2 is 2.26 bits per heavy atom. The van der Waals surface area contributed by atoms with Crippen molar-refractivity contribution in [1.82, 2.24) is 5.32 Å². The second-order valence-corrected chi connectivity index (χ2v) is 4.50. The average Bonchev–Trinajstić information content (AvgIpc) is 2.47. The highest BCUT2D eigenvalue weighted by atomic mass is 16.5.